The third kappa shape index (κ3) is 4.21. The van der Waals surface area contributed by atoms with Gasteiger partial charge in [0.2, 0.25) is 17.7 Å². The van der Waals surface area contributed by atoms with Crippen molar-refractivity contribution in [2.75, 3.05) is 0 Å². The minimum Gasteiger partial charge on any atom is -0.366 e. The first-order chi connectivity index (χ1) is 6.90. The van der Waals surface area contributed by atoms with E-state index in [2.05, 4.69) is 13.2 Å². The van der Waals surface area contributed by atoms with E-state index in [0.29, 0.717) is 18.4 Å². The molecule has 1 heterocycles. The van der Waals surface area contributed by atoms with Crippen molar-refractivity contribution in [3.63, 3.8) is 0 Å². The average Bonchev–Trinajstić information content (AvgIpc) is 2.46. The molecule has 0 spiro atoms. The molecule has 1 aliphatic rings. The number of likely N-dealkylation sites (tertiary alicyclic amines) is 1. The molecule has 5 heteroatoms. The zero-order valence-corrected chi connectivity index (χ0v) is 8.66. The van der Waals surface area contributed by atoms with Crippen LogP contribution in [-0.2, 0) is 14.4 Å². The molecule has 0 aromatic rings. The second-order valence-corrected chi connectivity index (χ2v) is 2.98. The standard InChI is InChI=1S/C6H7NO2.C4H7NO/c1-2-7-5(8)3-4-6(7)9;1-3(2)4(5)6/h2H,1,3-4H2;1H2,2H3,(H2,5,6). The number of hydrogen-bond donors (Lipinski definition) is 1. The van der Waals surface area contributed by atoms with Crippen LogP contribution in [0.5, 0.6) is 0 Å². The normalized spacial score (nSPS) is 14.3. The third-order valence-corrected chi connectivity index (χ3v) is 1.69. The Balaban J connectivity index is 0.000000288. The van der Waals surface area contributed by atoms with Crippen LogP contribution < -0.4 is 5.73 Å². The zero-order valence-electron chi connectivity index (χ0n) is 8.66. The topological polar surface area (TPSA) is 80.5 Å². The summed E-state index contributed by atoms with van der Waals surface area (Å²) in [5.41, 5.74) is 5.09. The lowest BCUT2D eigenvalue weighted by Gasteiger charge is -2.03. The SMILES string of the molecule is C=C(C)C(N)=O.C=CN1C(=O)CCC1=O. The number of carbonyl (C=O) groups is 3. The summed E-state index contributed by atoms with van der Waals surface area (Å²) < 4.78 is 0. The first-order valence-corrected chi connectivity index (χ1v) is 4.33. The fraction of sp³-hybridized carbons (Fsp3) is 0.300. The Bertz CT molecular complexity index is 293. The fourth-order valence-corrected chi connectivity index (χ4v) is 0.797. The van der Waals surface area contributed by atoms with E-state index >= 15 is 0 Å². The fourth-order valence-electron chi connectivity index (χ4n) is 0.797. The summed E-state index contributed by atoms with van der Waals surface area (Å²) in [6, 6.07) is 0. The van der Waals surface area contributed by atoms with Gasteiger partial charge in [-0.15, -0.1) is 0 Å². The Kier molecular flexibility index (Phi) is 5.01. The van der Waals surface area contributed by atoms with Crippen molar-refractivity contribution < 1.29 is 14.4 Å². The molecule has 0 bridgehead atoms. The van der Waals surface area contributed by atoms with Crippen LogP contribution in [0.25, 0.3) is 0 Å². The summed E-state index contributed by atoms with van der Waals surface area (Å²) in [5.74, 6) is -0.722. The van der Waals surface area contributed by atoms with Gasteiger partial charge in [0, 0.05) is 24.6 Å². The predicted octanol–water partition coefficient (Wildman–Crippen LogP) is 0.327. The van der Waals surface area contributed by atoms with Crippen molar-refractivity contribution in [1.29, 1.82) is 0 Å². The van der Waals surface area contributed by atoms with Crippen LogP contribution in [0.2, 0.25) is 0 Å². The highest BCUT2D eigenvalue weighted by atomic mass is 16.2. The lowest BCUT2D eigenvalue weighted by atomic mass is 10.3. The zero-order chi connectivity index (χ0) is 12.0. The minimum absolute atomic E-state index is 0.144. The molecule has 1 aliphatic heterocycles. The monoisotopic (exact) mass is 210 g/mol. The van der Waals surface area contributed by atoms with Crippen LogP contribution in [0, 0.1) is 0 Å². The number of nitrogens with two attached hydrogens (primary N) is 1. The van der Waals surface area contributed by atoms with E-state index in [4.69, 9.17) is 5.73 Å². The van der Waals surface area contributed by atoms with Gasteiger partial charge in [-0.25, -0.2) is 0 Å². The van der Waals surface area contributed by atoms with Crippen molar-refractivity contribution in [2.45, 2.75) is 19.8 Å². The molecule has 0 aromatic carbocycles. The van der Waals surface area contributed by atoms with E-state index in [0.717, 1.165) is 4.90 Å². The second kappa shape index (κ2) is 5.74. The van der Waals surface area contributed by atoms with Gasteiger partial charge in [-0.05, 0) is 6.92 Å². The highest BCUT2D eigenvalue weighted by Crippen LogP contribution is 2.10. The van der Waals surface area contributed by atoms with Crippen LogP contribution in [0.15, 0.2) is 24.9 Å². The van der Waals surface area contributed by atoms with Crippen molar-refractivity contribution in [3.8, 4) is 0 Å². The summed E-state index contributed by atoms with van der Waals surface area (Å²) in [6.45, 7) is 8.18. The number of amides is 3. The van der Waals surface area contributed by atoms with Crippen molar-refractivity contribution in [3.05, 3.63) is 24.9 Å². The minimum atomic E-state index is -0.435. The summed E-state index contributed by atoms with van der Waals surface area (Å²) >= 11 is 0. The Morgan fingerprint density at radius 1 is 1.40 bits per heavy atom. The molecule has 0 saturated carbocycles. The third-order valence-electron chi connectivity index (χ3n) is 1.69. The molecule has 0 radical (unpaired) electrons. The molecular formula is C10H14N2O3. The average molecular weight is 210 g/mol. The van der Waals surface area contributed by atoms with Gasteiger partial charge in [-0.3, -0.25) is 19.3 Å². The van der Waals surface area contributed by atoms with Crippen LogP contribution >= 0.6 is 0 Å². The van der Waals surface area contributed by atoms with Crippen LogP contribution in [-0.4, -0.2) is 22.6 Å². The molecule has 2 N–H and O–H groups in total. The van der Waals surface area contributed by atoms with E-state index in [-0.39, 0.29) is 11.8 Å². The summed E-state index contributed by atoms with van der Waals surface area (Å²) in [5, 5.41) is 0. The molecule has 0 aliphatic carbocycles. The van der Waals surface area contributed by atoms with E-state index in [9.17, 15) is 14.4 Å². The number of primary amides is 1. The first kappa shape index (κ1) is 13.1. The van der Waals surface area contributed by atoms with Crippen molar-refractivity contribution in [1.82, 2.24) is 4.90 Å². The van der Waals surface area contributed by atoms with Crippen LogP contribution in [0.3, 0.4) is 0 Å². The number of nitrogens with zero attached hydrogens (tertiary/aromatic N) is 1. The smallest absolute Gasteiger partial charge is 0.243 e. The lowest BCUT2D eigenvalue weighted by Crippen LogP contribution is -2.21. The lowest BCUT2D eigenvalue weighted by molar-refractivity contribution is -0.135. The van der Waals surface area contributed by atoms with Gasteiger partial charge in [0.25, 0.3) is 0 Å². The number of carbonyl (C=O) groups excluding carboxylic acids is 3. The molecule has 1 rings (SSSR count). The Morgan fingerprint density at radius 2 is 1.73 bits per heavy atom. The molecule has 0 aromatic heterocycles. The Labute approximate surface area is 88.2 Å². The predicted molar refractivity (Wildman–Crippen MR) is 55.3 cm³/mol. The van der Waals surface area contributed by atoms with E-state index in [1.165, 1.54) is 6.20 Å². The van der Waals surface area contributed by atoms with E-state index in [1.54, 1.807) is 6.92 Å². The van der Waals surface area contributed by atoms with Gasteiger partial charge in [0.05, 0.1) is 0 Å². The Hall–Kier alpha value is -1.91. The highest BCUT2D eigenvalue weighted by molar-refractivity contribution is 6.02. The molecule has 15 heavy (non-hydrogen) atoms. The molecule has 1 fully saturated rings. The van der Waals surface area contributed by atoms with Crippen LogP contribution in [0.1, 0.15) is 19.8 Å². The van der Waals surface area contributed by atoms with Gasteiger partial charge in [0.15, 0.2) is 0 Å². The summed E-state index contributed by atoms with van der Waals surface area (Å²) in [7, 11) is 0. The largest absolute Gasteiger partial charge is 0.366 e. The van der Waals surface area contributed by atoms with Gasteiger partial charge < -0.3 is 5.73 Å². The molecule has 3 amide bonds. The summed E-state index contributed by atoms with van der Waals surface area (Å²) in [4.78, 5) is 32.2. The van der Waals surface area contributed by atoms with Gasteiger partial charge in [-0.1, -0.05) is 13.2 Å². The van der Waals surface area contributed by atoms with Gasteiger partial charge in [-0.2, -0.15) is 0 Å². The highest BCUT2D eigenvalue weighted by Gasteiger charge is 2.25. The maximum Gasteiger partial charge on any atom is 0.243 e. The van der Waals surface area contributed by atoms with E-state index < -0.39 is 5.91 Å². The van der Waals surface area contributed by atoms with Gasteiger partial charge in [0.1, 0.15) is 0 Å². The van der Waals surface area contributed by atoms with Crippen LogP contribution in [0.4, 0.5) is 0 Å². The van der Waals surface area contributed by atoms with Gasteiger partial charge >= 0.3 is 0 Å². The second-order valence-electron chi connectivity index (χ2n) is 2.98. The number of hydrogen-bond acceptors (Lipinski definition) is 3. The maximum absolute atomic E-state index is 10.6. The van der Waals surface area contributed by atoms with Crippen molar-refractivity contribution in [2.24, 2.45) is 5.73 Å². The summed E-state index contributed by atoms with van der Waals surface area (Å²) in [6.07, 6.45) is 1.94. The number of imide groups is 1. The van der Waals surface area contributed by atoms with E-state index in [1.807, 2.05) is 0 Å². The molecular weight excluding hydrogens is 196 g/mol. The quantitative estimate of drug-likeness (QED) is 0.526. The first-order valence-electron chi connectivity index (χ1n) is 4.33. The molecule has 0 atom stereocenters. The maximum atomic E-state index is 10.6. The molecule has 82 valence electrons. The molecule has 5 nitrogen and oxygen atoms in total. The van der Waals surface area contributed by atoms with Crippen molar-refractivity contribution >= 4 is 17.7 Å². The molecule has 1 saturated heterocycles. The molecule has 0 unspecified atom stereocenters. The Morgan fingerprint density at radius 3 is 1.87 bits per heavy atom. The number of rotatable bonds is 2.